The van der Waals surface area contributed by atoms with Gasteiger partial charge in [-0.3, -0.25) is 0 Å². The smallest absolute Gasteiger partial charge is 0.370 e. The van der Waals surface area contributed by atoms with Gasteiger partial charge in [0.15, 0.2) is 5.96 Å². The zero-order chi connectivity index (χ0) is 18.2. The van der Waals surface area contributed by atoms with Crippen molar-refractivity contribution in [2.75, 3.05) is 11.4 Å². The lowest BCUT2D eigenvalue weighted by Crippen LogP contribution is -2.43. The van der Waals surface area contributed by atoms with Gasteiger partial charge in [-0.15, -0.1) is 0 Å². The first-order valence-electron chi connectivity index (χ1n) is 8.35. The molecule has 1 fully saturated rings. The van der Waals surface area contributed by atoms with Crippen LogP contribution in [0, 0.1) is 0 Å². The van der Waals surface area contributed by atoms with Crippen LogP contribution < -0.4 is 10.6 Å². The number of halogens is 5. The Bertz CT molecular complexity index is 663. The Balaban J connectivity index is 1.90. The molecule has 0 spiro atoms. The second-order valence-corrected chi connectivity index (χ2v) is 9.05. The molecule has 1 heterocycles. The summed E-state index contributed by atoms with van der Waals surface area (Å²) in [7, 11) is 0. The number of guanidine groups is 1. The maximum atomic E-state index is 13.1. The van der Waals surface area contributed by atoms with Crippen LogP contribution in [0.4, 0.5) is 18.9 Å². The molecule has 3 nitrogen and oxygen atoms in total. The molecule has 0 aromatic heterocycles. The molecule has 1 aromatic rings. The van der Waals surface area contributed by atoms with Crippen molar-refractivity contribution < 1.29 is 13.2 Å². The van der Waals surface area contributed by atoms with Gasteiger partial charge in [0.05, 0.1) is 11.6 Å². The number of aliphatic imine (C=N–C) groups is 1. The van der Waals surface area contributed by atoms with Crippen molar-refractivity contribution >= 4 is 43.5 Å². The summed E-state index contributed by atoms with van der Waals surface area (Å²) in [4.78, 5) is 7.01. The van der Waals surface area contributed by atoms with Crippen molar-refractivity contribution in [1.82, 2.24) is 0 Å². The van der Waals surface area contributed by atoms with E-state index in [1.54, 1.807) is 11.0 Å². The van der Waals surface area contributed by atoms with Crippen LogP contribution in [0.2, 0.25) is 0 Å². The second-order valence-electron chi connectivity index (χ2n) is 6.58. The molecule has 0 radical (unpaired) electrons. The Hall–Kier alpha value is -0.760. The summed E-state index contributed by atoms with van der Waals surface area (Å²) in [6, 6.07) is 3.91. The molecule has 2 aliphatic rings. The van der Waals surface area contributed by atoms with Gasteiger partial charge in [-0.25, -0.2) is 4.99 Å². The molecule has 3 rings (SSSR count). The lowest BCUT2D eigenvalue weighted by molar-refractivity contribution is -0.137. The number of rotatable bonds is 1. The first-order valence-corrected chi connectivity index (χ1v) is 10.2. The van der Waals surface area contributed by atoms with E-state index in [4.69, 9.17) is 5.73 Å². The van der Waals surface area contributed by atoms with Crippen LogP contribution >= 0.6 is 31.9 Å². The first-order chi connectivity index (χ1) is 11.8. The molecular weight excluding hydrogens is 463 g/mol. The molecule has 8 heteroatoms. The predicted octanol–water partition coefficient (Wildman–Crippen LogP) is 4.85. The van der Waals surface area contributed by atoms with Crippen molar-refractivity contribution in [3.05, 3.63) is 29.3 Å². The molecule has 138 valence electrons. The third kappa shape index (κ3) is 4.32. The maximum absolute atomic E-state index is 13.1. The lowest BCUT2D eigenvalue weighted by atomic mass is 9.95. The Morgan fingerprint density at radius 3 is 2.72 bits per heavy atom. The van der Waals surface area contributed by atoms with E-state index in [0.717, 1.165) is 43.7 Å². The van der Waals surface area contributed by atoms with E-state index < -0.39 is 11.7 Å². The minimum atomic E-state index is -4.36. The number of fused-ring (bicyclic) bond motifs is 1. The Morgan fingerprint density at radius 1 is 1.24 bits per heavy atom. The molecular formula is C17H20Br2F3N3. The summed E-state index contributed by atoms with van der Waals surface area (Å²) < 4.78 is 39.2. The molecule has 0 amide bonds. The van der Waals surface area contributed by atoms with Crippen LogP contribution in [0.3, 0.4) is 0 Å². The monoisotopic (exact) mass is 481 g/mol. The SMILES string of the molecule is NC(=NC1CC(Br)CCC1Br)N1CCCc2ccc(C(F)(F)F)cc21. The molecule has 0 saturated heterocycles. The van der Waals surface area contributed by atoms with E-state index in [9.17, 15) is 13.2 Å². The van der Waals surface area contributed by atoms with Crippen LogP contribution in [0.25, 0.3) is 0 Å². The quantitative estimate of drug-likeness (QED) is 0.353. The van der Waals surface area contributed by atoms with Gasteiger partial charge in [0.2, 0.25) is 0 Å². The summed E-state index contributed by atoms with van der Waals surface area (Å²) in [6.07, 6.45) is 0.163. The number of anilines is 1. The fraction of sp³-hybridized carbons (Fsp3) is 0.588. The number of aryl methyl sites for hydroxylation is 1. The van der Waals surface area contributed by atoms with Gasteiger partial charge in [0, 0.05) is 21.9 Å². The average Bonchev–Trinajstić information content (AvgIpc) is 2.56. The van der Waals surface area contributed by atoms with Gasteiger partial charge in [-0.2, -0.15) is 13.2 Å². The van der Waals surface area contributed by atoms with Gasteiger partial charge in [-0.1, -0.05) is 37.9 Å². The number of hydrogen-bond acceptors (Lipinski definition) is 1. The number of nitrogens with two attached hydrogens (primary N) is 1. The van der Waals surface area contributed by atoms with E-state index in [1.807, 2.05) is 0 Å². The van der Waals surface area contributed by atoms with E-state index in [2.05, 4.69) is 36.9 Å². The number of nitrogens with zero attached hydrogens (tertiary/aromatic N) is 2. The Morgan fingerprint density at radius 2 is 2.00 bits per heavy atom. The van der Waals surface area contributed by atoms with Crippen LogP contribution in [-0.2, 0) is 12.6 Å². The third-order valence-electron chi connectivity index (χ3n) is 4.78. The van der Waals surface area contributed by atoms with E-state index in [1.165, 1.54) is 6.07 Å². The molecule has 1 saturated carbocycles. The molecule has 2 N–H and O–H groups in total. The summed E-state index contributed by atoms with van der Waals surface area (Å²) in [5, 5.41) is 0. The maximum Gasteiger partial charge on any atom is 0.416 e. The molecule has 3 atom stereocenters. The Labute approximate surface area is 162 Å². The van der Waals surface area contributed by atoms with Crippen molar-refractivity contribution in [3.63, 3.8) is 0 Å². The van der Waals surface area contributed by atoms with Gasteiger partial charge >= 0.3 is 6.18 Å². The summed E-state index contributed by atoms with van der Waals surface area (Å²) in [5.74, 6) is 0.302. The third-order valence-corrected chi connectivity index (χ3v) is 6.68. The standard InChI is InChI=1S/C17H20Br2F3N3/c18-12-5-6-13(19)14(9-12)24-16(23)25-7-1-2-10-3-4-11(8-15(10)25)17(20,21)22/h3-4,8,12-14H,1-2,5-7,9H2,(H2,23,24). The van der Waals surface area contributed by atoms with Crippen LogP contribution in [0.5, 0.6) is 0 Å². The second kappa shape index (κ2) is 7.47. The molecule has 1 aliphatic heterocycles. The van der Waals surface area contributed by atoms with E-state index in [0.29, 0.717) is 23.0 Å². The van der Waals surface area contributed by atoms with Crippen molar-refractivity contribution in [2.24, 2.45) is 10.7 Å². The predicted molar refractivity (Wildman–Crippen MR) is 102 cm³/mol. The first kappa shape index (κ1) is 19.0. The lowest BCUT2D eigenvalue weighted by Gasteiger charge is -2.33. The minimum Gasteiger partial charge on any atom is -0.370 e. The van der Waals surface area contributed by atoms with Gasteiger partial charge in [0.1, 0.15) is 0 Å². The largest absolute Gasteiger partial charge is 0.416 e. The molecule has 3 unspecified atom stereocenters. The van der Waals surface area contributed by atoms with Crippen LogP contribution in [-0.4, -0.2) is 28.2 Å². The highest BCUT2D eigenvalue weighted by Crippen LogP contribution is 2.36. The van der Waals surface area contributed by atoms with Crippen molar-refractivity contribution in [3.8, 4) is 0 Å². The number of hydrogen-bond donors (Lipinski definition) is 1. The van der Waals surface area contributed by atoms with Crippen LogP contribution in [0.1, 0.15) is 36.8 Å². The fourth-order valence-electron chi connectivity index (χ4n) is 3.42. The molecule has 25 heavy (non-hydrogen) atoms. The van der Waals surface area contributed by atoms with Crippen LogP contribution in [0.15, 0.2) is 23.2 Å². The van der Waals surface area contributed by atoms with Crippen molar-refractivity contribution in [2.45, 2.75) is 54.0 Å². The van der Waals surface area contributed by atoms with Gasteiger partial charge in [-0.05, 0) is 49.8 Å². The highest BCUT2D eigenvalue weighted by molar-refractivity contribution is 9.10. The molecule has 1 aliphatic carbocycles. The van der Waals surface area contributed by atoms with Crippen molar-refractivity contribution in [1.29, 1.82) is 0 Å². The zero-order valence-electron chi connectivity index (χ0n) is 13.6. The minimum absolute atomic E-state index is 0.0225. The van der Waals surface area contributed by atoms with E-state index in [-0.39, 0.29) is 10.9 Å². The number of benzene rings is 1. The summed E-state index contributed by atoms with van der Waals surface area (Å²) >= 11 is 7.28. The average molecular weight is 483 g/mol. The molecule has 0 bridgehead atoms. The highest BCUT2D eigenvalue weighted by Gasteiger charge is 2.33. The highest BCUT2D eigenvalue weighted by atomic mass is 79.9. The molecule has 1 aromatic carbocycles. The van der Waals surface area contributed by atoms with Gasteiger partial charge in [0.25, 0.3) is 0 Å². The normalized spacial score (nSPS) is 28.0. The zero-order valence-corrected chi connectivity index (χ0v) is 16.7. The van der Waals surface area contributed by atoms with Gasteiger partial charge < -0.3 is 10.6 Å². The van der Waals surface area contributed by atoms with E-state index >= 15 is 0 Å². The topological polar surface area (TPSA) is 41.6 Å². The summed E-state index contributed by atoms with van der Waals surface area (Å²) in [6.45, 7) is 0.584. The Kier molecular flexibility index (Phi) is 5.68. The fourth-order valence-corrected chi connectivity index (χ4v) is 4.67. The summed E-state index contributed by atoms with van der Waals surface area (Å²) in [5.41, 5.74) is 6.98. The number of alkyl halides is 5.